The van der Waals surface area contributed by atoms with Gasteiger partial charge in [0.1, 0.15) is 5.82 Å². The summed E-state index contributed by atoms with van der Waals surface area (Å²) in [5.41, 5.74) is 0. The average Bonchev–Trinajstić information content (AvgIpc) is 2.85. The summed E-state index contributed by atoms with van der Waals surface area (Å²) in [6, 6.07) is 0.704. The van der Waals surface area contributed by atoms with Crippen molar-refractivity contribution in [3.05, 3.63) is 5.82 Å². The minimum absolute atomic E-state index is 0.200. The number of nitrogens with one attached hydrogen (secondary N) is 1. The van der Waals surface area contributed by atoms with Crippen molar-refractivity contribution in [3.8, 4) is 0 Å². The number of rotatable bonds is 4. The van der Waals surface area contributed by atoms with Crippen LogP contribution < -0.4 is 0 Å². The molecule has 1 saturated heterocycles. The molecule has 2 heterocycles. The molecule has 1 N–H and O–H groups in total. The summed E-state index contributed by atoms with van der Waals surface area (Å²) in [5.74, 6) is 1.82. The molecule has 0 saturated carbocycles. The monoisotopic (exact) mass is 296 g/mol. The van der Waals surface area contributed by atoms with Crippen LogP contribution >= 0.6 is 11.8 Å². The van der Waals surface area contributed by atoms with Crippen LogP contribution in [0.5, 0.6) is 0 Å². The van der Waals surface area contributed by atoms with Gasteiger partial charge in [0, 0.05) is 18.0 Å². The van der Waals surface area contributed by atoms with Gasteiger partial charge in [-0.1, -0.05) is 25.6 Å². The molecule has 5 nitrogen and oxygen atoms in total. The van der Waals surface area contributed by atoms with E-state index in [1.165, 1.54) is 18.2 Å². The van der Waals surface area contributed by atoms with Crippen LogP contribution in [0.2, 0.25) is 0 Å². The lowest BCUT2D eigenvalue weighted by Crippen LogP contribution is -2.48. The van der Waals surface area contributed by atoms with Gasteiger partial charge < -0.3 is 4.90 Å². The summed E-state index contributed by atoms with van der Waals surface area (Å²) in [5, 5.41) is 7.73. The average molecular weight is 296 g/mol. The topological polar surface area (TPSA) is 61.9 Å². The van der Waals surface area contributed by atoms with Crippen LogP contribution in [0.15, 0.2) is 5.16 Å². The molecule has 6 heteroatoms. The number of thioether (sulfide) groups is 1. The highest BCUT2D eigenvalue weighted by atomic mass is 32.2. The van der Waals surface area contributed by atoms with E-state index >= 15 is 0 Å². The summed E-state index contributed by atoms with van der Waals surface area (Å²) in [4.78, 5) is 18.8. The lowest BCUT2D eigenvalue weighted by atomic mass is 9.98. The molecule has 1 aliphatic heterocycles. The highest BCUT2D eigenvalue weighted by Gasteiger charge is 2.28. The summed E-state index contributed by atoms with van der Waals surface area (Å²) in [6.45, 7) is 8.41. The number of nitrogens with zero attached hydrogens (tertiary/aromatic N) is 3. The van der Waals surface area contributed by atoms with E-state index in [1.807, 2.05) is 4.90 Å². The first-order valence-corrected chi connectivity index (χ1v) is 8.34. The van der Waals surface area contributed by atoms with Crippen LogP contribution in [-0.4, -0.2) is 43.8 Å². The van der Waals surface area contributed by atoms with Crippen LogP contribution in [0.3, 0.4) is 0 Å². The molecule has 0 aromatic carbocycles. The molecule has 1 aromatic rings. The number of amides is 1. The molecule has 1 fully saturated rings. The molecule has 0 bridgehead atoms. The quantitative estimate of drug-likeness (QED) is 0.868. The molecule has 20 heavy (non-hydrogen) atoms. The standard InChI is InChI=1S/C14H24N4OS/c1-9(2)13-15-14(17-16-13)20-8-12(19)18-10(3)6-5-7-11(18)4/h9-11H,5-8H2,1-4H3,(H,15,16,17)/t10-,11-/m0/s1. The van der Waals surface area contributed by atoms with Crippen molar-refractivity contribution in [3.63, 3.8) is 0 Å². The third kappa shape index (κ3) is 3.53. The molecule has 0 aliphatic carbocycles. The van der Waals surface area contributed by atoms with Crippen LogP contribution in [-0.2, 0) is 4.79 Å². The molecule has 0 spiro atoms. The van der Waals surface area contributed by atoms with E-state index in [-0.39, 0.29) is 5.91 Å². The van der Waals surface area contributed by atoms with Crippen molar-refractivity contribution in [1.82, 2.24) is 20.1 Å². The van der Waals surface area contributed by atoms with Gasteiger partial charge in [-0.05, 0) is 33.1 Å². The first kappa shape index (κ1) is 15.4. The molecule has 1 aromatic heterocycles. The second-order valence-electron chi connectivity index (χ2n) is 5.88. The van der Waals surface area contributed by atoms with Crippen molar-refractivity contribution in [2.75, 3.05) is 5.75 Å². The highest BCUT2D eigenvalue weighted by molar-refractivity contribution is 7.99. The zero-order chi connectivity index (χ0) is 14.7. The Morgan fingerprint density at radius 3 is 2.60 bits per heavy atom. The van der Waals surface area contributed by atoms with Crippen LogP contribution in [0.4, 0.5) is 0 Å². The van der Waals surface area contributed by atoms with E-state index in [0.717, 1.165) is 18.7 Å². The number of likely N-dealkylation sites (tertiary alicyclic amines) is 1. The van der Waals surface area contributed by atoms with E-state index < -0.39 is 0 Å². The molecule has 112 valence electrons. The SMILES string of the molecule is CC(C)c1nc(SCC(=O)N2[C@@H](C)CCC[C@@H]2C)n[nH]1. The van der Waals surface area contributed by atoms with Crippen molar-refractivity contribution >= 4 is 17.7 Å². The van der Waals surface area contributed by atoms with Crippen molar-refractivity contribution in [1.29, 1.82) is 0 Å². The largest absolute Gasteiger partial charge is 0.337 e. The van der Waals surface area contributed by atoms with Crippen molar-refractivity contribution < 1.29 is 4.79 Å². The maximum atomic E-state index is 12.4. The van der Waals surface area contributed by atoms with Gasteiger partial charge in [0.2, 0.25) is 11.1 Å². The van der Waals surface area contributed by atoms with E-state index in [1.54, 1.807) is 0 Å². The van der Waals surface area contributed by atoms with Crippen LogP contribution in [0, 0.1) is 0 Å². The minimum atomic E-state index is 0.200. The Bertz CT molecular complexity index is 450. The van der Waals surface area contributed by atoms with Crippen LogP contribution in [0.1, 0.15) is 58.7 Å². The number of carbonyl (C=O) groups is 1. The Hall–Kier alpha value is -1.04. The number of H-pyrrole nitrogens is 1. The molecular formula is C14H24N4OS. The van der Waals surface area contributed by atoms with E-state index in [9.17, 15) is 4.79 Å². The van der Waals surface area contributed by atoms with Gasteiger partial charge in [0.05, 0.1) is 5.75 Å². The van der Waals surface area contributed by atoms with Crippen molar-refractivity contribution in [2.24, 2.45) is 0 Å². The third-order valence-corrected chi connectivity index (χ3v) is 4.67. The van der Waals surface area contributed by atoms with Gasteiger partial charge in [-0.3, -0.25) is 9.89 Å². The molecular weight excluding hydrogens is 272 g/mol. The molecule has 0 radical (unpaired) electrons. The highest BCUT2D eigenvalue weighted by Crippen LogP contribution is 2.24. The number of hydrogen-bond donors (Lipinski definition) is 1. The Balaban J connectivity index is 1.90. The number of aromatic amines is 1. The Labute approximate surface area is 124 Å². The lowest BCUT2D eigenvalue weighted by Gasteiger charge is -2.39. The zero-order valence-corrected chi connectivity index (χ0v) is 13.5. The Morgan fingerprint density at radius 2 is 2.05 bits per heavy atom. The number of hydrogen-bond acceptors (Lipinski definition) is 4. The fourth-order valence-corrected chi connectivity index (χ4v) is 3.37. The summed E-state index contributed by atoms with van der Waals surface area (Å²) < 4.78 is 0. The zero-order valence-electron chi connectivity index (χ0n) is 12.7. The summed E-state index contributed by atoms with van der Waals surface area (Å²) >= 11 is 1.42. The van der Waals surface area contributed by atoms with Gasteiger partial charge >= 0.3 is 0 Å². The first-order valence-electron chi connectivity index (χ1n) is 7.35. The van der Waals surface area contributed by atoms with Gasteiger partial charge in [0.25, 0.3) is 0 Å². The first-order chi connectivity index (χ1) is 9.49. The molecule has 2 atom stereocenters. The third-order valence-electron chi connectivity index (χ3n) is 3.84. The van der Waals surface area contributed by atoms with Gasteiger partial charge in [0.15, 0.2) is 0 Å². The van der Waals surface area contributed by atoms with E-state index in [2.05, 4.69) is 42.9 Å². The minimum Gasteiger partial charge on any atom is -0.337 e. The smallest absolute Gasteiger partial charge is 0.233 e. The van der Waals surface area contributed by atoms with Gasteiger partial charge in [-0.25, -0.2) is 4.98 Å². The van der Waals surface area contributed by atoms with Gasteiger partial charge in [-0.2, -0.15) is 0 Å². The lowest BCUT2D eigenvalue weighted by molar-refractivity contribution is -0.134. The van der Waals surface area contributed by atoms with Crippen LogP contribution in [0.25, 0.3) is 0 Å². The second kappa shape index (κ2) is 6.61. The van der Waals surface area contributed by atoms with Gasteiger partial charge in [-0.15, -0.1) is 5.10 Å². The predicted molar refractivity (Wildman–Crippen MR) is 80.8 cm³/mol. The Morgan fingerprint density at radius 1 is 1.40 bits per heavy atom. The van der Waals surface area contributed by atoms with E-state index in [0.29, 0.717) is 28.9 Å². The summed E-state index contributed by atoms with van der Waals surface area (Å²) in [6.07, 6.45) is 3.44. The number of piperidine rings is 1. The molecule has 2 rings (SSSR count). The maximum absolute atomic E-state index is 12.4. The van der Waals surface area contributed by atoms with E-state index in [4.69, 9.17) is 0 Å². The predicted octanol–water partition coefficient (Wildman–Crippen LogP) is 2.81. The molecule has 1 amide bonds. The maximum Gasteiger partial charge on any atom is 0.233 e. The summed E-state index contributed by atoms with van der Waals surface area (Å²) in [7, 11) is 0. The van der Waals surface area contributed by atoms with Crippen molar-refractivity contribution in [2.45, 2.75) is 70.1 Å². The molecule has 1 aliphatic rings. The fourth-order valence-electron chi connectivity index (χ4n) is 2.69. The normalized spacial score (nSPS) is 23.4. The second-order valence-corrected chi connectivity index (χ2v) is 6.82. The Kier molecular flexibility index (Phi) is 5.07. The number of carbonyl (C=O) groups excluding carboxylic acids is 1. The molecule has 0 unspecified atom stereocenters. The number of aromatic nitrogens is 3. The fraction of sp³-hybridized carbons (Fsp3) is 0.786.